The SMILES string of the molecule is CC#CC(=O)NC1(CCO)CN(C(=O)OC(C)(C)C)C1. The van der Waals surface area contributed by atoms with E-state index in [1.807, 2.05) is 0 Å². The molecule has 6 nitrogen and oxygen atoms in total. The Kier molecular flexibility index (Phi) is 5.01. The Hall–Kier alpha value is -1.74. The Labute approximate surface area is 119 Å². The minimum absolute atomic E-state index is 0.0675. The summed E-state index contributed by atoms with van der Waals surface area (Å²) >= 11 is 0. The second-order valence-corrected chi connectivity index (χ2v) is 5.92. The molecule has 0 unspecified atom stereocenters. The van der Waals surface area contributed by atoms with Crippen molar-refractivity contribution < 1.29 is 19.4 Å². The maximum Gasteiger partial charge on any atom is 0.410 e. The van der Waals surface area contributed by atoms with Gasteiger partial charge in [-0.25, -0.2) is 4.79 Å². The summed E-state index contributed by atoms with van der Waals surface area (Å²) in [7, 11) is 0. The first-order valence-corrected chi connectivity index (χ1v) is 6.55. The number of aliphatic hydroxyl groups is 1. The fraction of sp³-hybridized carbons (Fsp3) is 0.714. The van der Waals surface area contributed by atoms with Crippen molar-refractivity contribution in [3.8, 4) is 11.8 Å². The minimum atomic E-state index is -0.605. The number of hydrogen-bond acceptors (Lipinski definition) is 4. The number of carbonyl (C=O) groups is 2. The highest BCUT2D eigenvalue weighted by molar-refractivity contribution is 5.94. The molecule has 1 rings (SSSR count). The number of aliphatic hydroxyl groups excluding tert-OH is 1. The van der Waals surface area contributed by atoms with Crippen molar-refractivity contribution in [2.45, 2.75) is 45.3 Å². The van der Waals surface area contributed by atoms with Gasteiger partial charge in [0.15, 0.2) is 0 Å². The molecule has 1 aliphatic rings. The second kappa shape index (κ2) is 6.14. The van der Waals surface area contributed by atoms with Crippen molar-refractivity contribution in [2.75, 3.05) is 19.7 Å². The average molecular weight is 282 g/mol. The van der Waals surface area contributed by atoms with Gasteiger partial charge in [-0.05, 0) is 40.0 Å². The molecular weight excluding hydrogens is 260 g/mol. The lowest BCUT2D eigenvalue weighted by Gasteiger charge is -2.49. The van der Waals surface area contributed by atoms with Crippen LogP contribution in [0, 0.1) is 11.8 Å². The summed E-state index contributed by atoms with van der Waals surface area (Å²) in [6.45, 7) is 7.53. The maximum atomic E-state index is 11.8. The standard InChI is InChI=1S/C14H22N2O4/c1-5-6-11(18)15-14(7-8-17)9-16(10-14)12(19)20-13(2,3)4/h17H,7-10H2,1-4H3,(H,15,18). The summed E-state index contributed by atoms with van der Waals surface area (Å²) in [4.78, 5) is 24.9. The van der Waals surface area contributed by atoms with Crippen molar-refractivity contribution in [3.63, 3.8) is 0 Å². The first kappa shape index (κ1) is 16.3. The fourth-order valence-electron chi connectivity index (χ4n) is 2.04. The van der Waals surface area contributed by atoms with Gasteiger partial charge < -0.3 is 20.1 Å². The van der Waals surface area contributed by atoms with Crippen LogP contribution in [0.4, 0.5) is 4.79 Å². The van der Waals surface area contributed by atoms with Gasteiger partial charge in [-0.2, -0.15) is 0 Å². The molecule has 1 heterocycles. The van der Waals surface area contributed by atoms with E-state index in [1.54, 1.807) is 27.7 Å². The smallest absolute Gasteiger partial charge is 0.410 e. The van der Waals surface area contributed by atoms with Crippen LogP contribution in [0.1, 0.15) is 34.1 Å². The number of rotatable bonds is 3. The lowest BCUT2D eigenvalue weighted by molar-refractivity contribution is -0.120. The molecule has 2 amide bonds. The Balaban J connectivity index is 2.60. The summed E-state index contributed by atoms with van der Waals surface area (Å²) < 4.78 is 5.25. The van der Waals surface area contributed by atoms with E-state index in [2.05, 4.69) is 17.2 Å². The van der Waals surface area contributed by atoms with Crippen LogP contribution in [-0.2, 0) is 9.53 Å². The van der Waals surface area contributed by atoms with Crippen LogP contribution in [0.5, 0.6) is 0 Å². The number of ether oxygens (including phenoxy) is 1. The molecule has 0 bridgehead atoms. The summed E-state index contributed by atoms with van der Waals surface area (Å²) in [5, 5.41) is 11.9. The van der Waals surface area contributed by atoms with Crippen LogP contribution in [0.15, 0.2) is 0 Å². The van der Waals surface area contributed by atoms with Gasteiger partial charge in [-0.1, -0.05) is 5.92 Å². The highest BCUT2D eigenvalue weighted by Gasteiger charge is 2.47. The molecule has 20 heavy (non-hydrogen) atoms. The zero-order valence-corrected chi connectivity index (χ0v) is 12.4. The van der Waals surface area contributed by atoms with E-state index >= 15 is 0 Å². The topological polar surface area (TPSA) is 78.9 Å². The molecule has 1 saturated heterocycles. The van der Waals surface area contributed by atoms with Crippen LogP contribution in [0.2, 0.25) is 0 Å². The molecule has 0 aliphatic carbocycles. The third-order valence-electron chi connectivity index (χ3n) is 2.85. The van der Waals surface area contributed by atoms with E-state index in [1.165, 1.54) is 4.90 Å². The molecule has 2 N–H and O–H groups in total. The van der Waals surface area contributed by atoms with Crippen LogP contribution in [-0.4, -0.2) is 52.8 Å². The lowest BCUT2D eigenvalue weighted by Crippen LogP contribution is -2.71. The second-order valence-electron chi connectivity index (χ2n) is 5.92. The number of nitrogens with zero attached hydrogens (tertiary/aromatic N) is 1. The first-order chi connectivity index (χ1) is 9.21. The Morgan fingerprint density at radius 3 is 2.45 bits per heavy atom. The van der Waals surface area contributed by atoms with Crippen molar-refractivity contribution >= 4 is 12.0 Å². The number of carbonyl (C=O) groups excluding carboxylic acids is 2. The molecular formula is C14H22N2O4. The van der Waals surface area contributed by atoms with Gasteiger partial charge in [0.1, 0.15) is 5.60 Å². The Morgan fingerprint density at radius 2 is 2.00 bits per heavy atom. The zero-order chi connectivity index (χ0) is 15.4. The summed E-state index contributed by atoms with van der Waals surface area (Å²) in [5.74, 6) is 4.51. The molecule has 1 fully saturated rings. The van der Waals surface area contributed by atoms with Crippen LogP contribution in [0.25, 0.3) is 0 Å². The number of nitrogens with one attached hydrogen (secondary N) is 1. The fourth-order valence-corrected chi connectivity index (χ4v) is 2.04. The van der Waals surface area contributed by atoms with Crippen molar-refractivity contribution in [1.82, 2.24) is 10.2 Å². The van der Waals surface area contributed by atoms with E-state index in [-0.39, 0.29) is 6.61 Å². The minimum Gasteiger partial charge on any atom is -0.444 e. The predicted octanol–water partition coefficient (Wildman–Crippen LogP) is 0.498. The van der Waals surface area contributed by atoms with E-state index in [0.717, 1.165) is 0 Å². The lowest BCUT2D eigenvalue weighted by atomic mass is 9.86. The highest BCUT2D eigenvalue weighted by Crippen LogP contribution is 2.26. The summed E-state index contributed by atoms with van der Waals surface area (Å²) in [6, 6.07) is 0. The van der Waals surface area contributed by atoms with Gasteiger partial charge in [0.05, 0.1) is 5.54 Å². The molecule has 0 aromatic rings. The van der Waals surface area contributed by atoms with Gasteiger partial charge in [0, 0.05) is 19.7 Å². The molecule has 0 radical (unpaired) electrons. The van der Waals surface area contributed by atoms with Gasteiger partial charge in [-0.15, -0.1) is 0 Å². The Bertz CT molecular complexity index is 436. The third kappa shape index (κ3) is 4.42. The quantitative estimate of drug-likeness (QED) is 0.739. The highest BCUT2D eigenvalue weighted by atomic mass is 16.6. The summed E-state index contributed by atoms with van der Waals surface area (Å²) in [5.41, 5.74) is -1.16. The van der Waals surface area contributed by atoms with Gasteiger partial charge in [0.2, 0.25) is 0 Å². The molecule has 0 saturated carbocycles. The van der Waals surface area contributed by atoms with E-state index < -0.39 is 23.1 Å². The molecule has 0 atom stereocenters. The number of likely N-dealkylation sites (tertiary alicyclic amines) is 1. The van der Waals surface area contributed by atoms with Crippen LogP contribution < -0.4 is 5.32 Å². The largest absolute Gasteiger partial charge is 0.444 e. The van der Waals surface area contributed by atoms with E-state index in [9.17, 15) is 9.59 Å². The van der Waals surface area contributed by atoms with E-state index in [0.29, 0.717) is 19.5 Å². The molecule has 6 heteroatoms. The van der Waals surface area contributed by atoms with E-state index in [4.69, 9.17) is 9.84 Å². The van der Waals surface area contributed by atoms with Crippen LogP contribution in [0.3, 0.4) is 0 Å². The predicted molar refractivity (Wildman–Crippen MR) is 73.8 cm³/mol. The van der Waals surface area contributed by atoms with Gasteiger partial charge in [0.25, 0.3) is 5.91 Å². The third-order valence-corrected chi connectivity index (χ3v) is 2.85. The summed E-state index contributed by atoms with van der Waals surface area (Å²) in [6.07, 6.45) is -0.0365. The number of amides is 2. The van der Waals surface area contributed by atoms with Crippen molar-refractivity contribution in [3.05, 3.63) is 0 Å². The van der Waals surface area contributed by atoms with Gasteiger partial charge >= 0.3 is 6.09 Å². The Morgan fingerprint density at radius 1 is 1.40 bits per heavy atom. The maximum absolute atomic E-state index is 11.8. The first-order valence-electron chi connectivity index (χ1n) is 6.55. The van der Waals surface area contributed by atoms with Gasteiger partial charge in [-0.3, -0.25) is 4.79 Å². The molecule has 0 spiro atoms. The normalized spacial score (nSPS) is 16.6. The molecule has 112 valence electrons. The van der Waals surface area contributed by atoms with Crippen molar-refractivity contribution in [2.24, 2.45) is 0 Å². The molecule has 1 aliphatic heterocycles. The average Bonchev–Trinajstić information content (AvgIpc) is 2.22. The van der Waals surface area contributed by atoms with Crippen LogP contribution >= 0.6 is 0 Å². The van der Waals surface area contributed by atoms with Crippen molar-refractivity contribution in [1.29, 1.82) is 0 Å². The molecule has 0 aromatic heterocycles. The molecule has 0 aromatic carbocycles. The number of hydrogen-bond donors (Lipinski definition) is 2. The zero-order valence-electron chi connectivity index (χ0n) is 12.4. The monoisotopic (exact) mass is 282 g/mol.